The van der Waals surface area contributed by atoms with E-state index in [2.05, 4.69) is 30.3 Å². The summed E-state index contributed by atoms with van der Waals surface area (Å²) in [6.45, 7) is 3.39. The first-order valence-electron chi connectivity index (χ1n) is 8.78. The number of amides is 1. The highest BCUT2D eigenvalue weighted by Gasteiger charge is 2.35. The lowest BCUT2D eigenvalue weighted by Crippen LogP contribution is -2.51. The summed E-state index contributed by atoms with van der Waals surface area (Å²) in [6.07, 6.45) is 3.15. The van der Waals surface area contributed by atoms with Gasteiger partial charge in [-0.1, -0.05) is 60.7 Å². The molecule has 1 heterocycles. The zero-order chi connectivity index (χ0) is 17.0. The average molecular weight is 359 g/mol. The minimum Gasteiger partial charge on any atom is -0.341 e. The third-order valence-electron chi connectivity index (χ3n) is 5.10. The summed E-state index contributed by atoms with van der Waals surface area (Å²) < 4.78 is 0. The third kappa shape index (κ3) is 4.42. The van der Waals surface area contributed by atoms with E-state index in [1.165, 1.54) is 5.56 Å². The van der Waals surface area contributed by atoms with Crippen LogP contribution in [0.1, 0.15) is 43.2 Å². The van der Waals surface area contributed by atoms with Crippen LogP contribution in [-0.4, -0.2) is 23.9 Å². The molecule has 3 rings (SSSR count). The van der Waals surface area contributed by atoms with Crippen molar-refractivity contribution < 1.29 is 4.79 Å². The summed E-state index contributed by atoms with van der Waals surface area (Å²) in [4.78, 5) is 15.0. The topological polar surface area (TPSA) is 46.3 Å². The van der Waals surface area contributed by atoms with E-state index in [-0.39, 0.29) is 18.3 Å². The number of nitrogens with zero attached hydrogens (tertiary/aromatic N) is 1. The molecule has 0 aliphatic carbocycles. The Kier molecular flexibility index (Phi) is 6.63. The van der Waals surface area contributed by atoms with Crippen LogP contribution in [0, 0.1) is 0 Å². The Morgan fingerprint density at radius 1 is 1.00 bits per heavy atom. The second-order valence-electron chi connectivity index (χ2n) is 6.90. The van der Waals surface area contributed by atoms with Crippen LogP contribution in [-0.2, 0) is 10.3 Å². The molecule has 0 bridgehead atoms. The summed E-state index contributed by atoms with van der Waals surface area (Å²) in [6, 6.07) is 20.3. The molecule has 0 spiro atoms. The van der Waals surface area contributed by atoms with E-state index in [4.69, 9.17) is 5.73 Å². The molecule has 2 atom stereocenters. The van der Waals surface area contributed by atoms with Gasteiger partial charge in [-0.2, -0.15) is 0 Å². The minimum atomic E-state index is -0.964. The van der Waals surface area contributed by atoms with Crippen LogP contribution in [0.15, 0.2) is 60.7 Å². The molecule has 0 aromatic heterocycles. The van der Waals surface area contributed by atoms with Gasteiger partial charge in [0.25, 0.3) is 0 Å². The van der Waals surface area contributed by atoms with Gasteiger partial charge in [-0.25, -0.2) is 0 Å². The number of hydrogen-bond donors (Lipinski definition) is 1. The fourth-order valence-corrected chi connectivity index (χ4v) is 3.59. The van der Waals surface area contributed by atoms with Gasteiger partial charge >= 0.3 is 0 Å². The molecule has 0 radical (unpaired) electrons. The van der Waals surface area contributed by atoms with Crippen molar-refractivity contribution in [1.29, 1.82) is 0 Å². The number of nitrogens with two attached hydrogens (primary N) is 1. The highest BCUT2D eigenvalue weighted by atomic mass is 35.5. The van der Waals surface area contributed by atoms with E-state index in [1.807, 2.05) is 42.2 Å². The van der Waals surface area contributed by atoms with Crippen LogP contribution in [0.2, 0.25) is 0 Å². The second-order valence-corrected chi connectivity index (χ2v) is 6.90. The number of likely N-dealkylation sites (tertiary alicyclic amines) is 1. The number of rotatable bonds is 3. The summed E-state index contributed by atoms with van der Waals surface area (Å²) in [5.74, 6) is 0.562. The number of carbonyl (C=O) groups is 1. The highest BCUT2D eigenvalue weighted by molar-refractivity contribution is 5.87. The van der Waals surface area contributed by atoms with Crippen LogP contribution in [0.3, 0.4) is 0 Å². The average Bonchev–Trinajstić information content (AvgIpc) is 2.88. The van der Waals surface area contributed by atoms with Crippen LogP contribution < -0.4 is 5.73 Å². The molecule has 4 heteroatoms. The van der Waals surface area contributed by atoms with Gasteiger partial charge in [0.15, 0.2) is 0 Å². The lowest BCUT2D eigenvalue weighted by Gasteiger charge is -2.31. The Bertz CT molecular complexity index is 673. The van der Waals surface area contributed by atoms with Crippen molar-refractivity contribution in [2.75, 3.05) is 13.1 Å². The van der Waals surface area contributed by atoms with Crippen molar-refractivity contribution in [2.45, 2.75) is 37.6 Å². The van der Waals surface area contributed by atoms with Gasteiger partial charge in [0, 0.05) is 13.1 Å². The molecule has 0 saturated carbocycles. The maximum Gasteiger partial charge on any atom is 0.246 e. The largest absolute Gasteiger partial charge is 0.341 e. The molecule has 1 amide bonds. The first-order chi connectivity index (χ1) is 11.6. The molecule has 25 heavy (non-hydrogen) atoms. The van der Waals surface area contributed by atoms with E-state index < -0.39 is 5.54 Å². The summed E-state index contributed by atoms with van der Waals surface area (Å²) in [5, 5.41) is 0. The Morgan fingerprint density at radius 3 is 2.24 bits per heavy atom. The molecule has 1 saturated heterocycles. The predicted molar refractivity (Wildman–Crippen MR) is 105 cm³/mol. The molecule has 1 aliphatic heterocycles. The predicted octanol–water partition coefficient (Wildman–Crippen LogP) is 4.08. The molecule has 2 N–H and O–H groups in total. The van der Waals surface area contributed by atoms with Gasteiger partial charge in [-0.15, -0.1) is 12.4 Å². The zero-order valence-corrected chi connectivity index (χ0v) is 15.5. The summed E-state index contributed by atoms with van der Waals surface area (Å²) in [5.41, 5.74) is 7.71. The normalized spacial score (nSPS) is 20.1. The second kappa shape index (κ2) is 8.50. The van der Waals surface area contributed by atoms with Crippen LogP contribution >= 0.6 is 12.4 Å². The number of benzene rings is 2. The molecule has 1 fully saturated rings. The Balaban J connectivity index is 0.00000225. The van der Waals surface area contributed by atoms with E-state index in [1.54, 1.807) is 0 Å². The Morgan fingerprint density at radius 2 is 1.60 bits per heavy atom. The van der Waals surface area contributed by atoms with Gasteiger partial charge in [-0.3, -0.25) is 4.79 Å². The van der Waals surface area contributed by atoms with E-state index in [0.717, 1.165) is 37.9 Å². The third-order valence-corrected chi connectivity index (χ3v) is 5.10. The summed E-state index contributed by atoms with van der Waals surface area (Å²) >= 11 is 0. The molecule has 2 aromatic carbocycles. The van der Waals surface area contributed by atoms with Gasteiger partial charge in [0.2, 0.25) is 5.91 Å². The minimum absolute atomic E-state index is 0. The van der Waals surface area contributed by atoms with Crippen molar-refractivity contribution in [1.82, 2.24) is 4.90 Å². The van der Waals surface area contributed by atoms with Gasteiger partial charge in [0.1, 0.15) is 5.54 Å². The number of hydrogen-bond acceptors (Lipinski definition) is 2. The standard InChI is InChI=1S/C21H26N2O.ClH/c1-21(22,19-12-6-3-7-13-19)20(24)23-15-8-11-18(14-16-23)17-9-4-2-5-10-17;/h2-7,9-10,12-13,18H,8,11,14-16,22H2,1H3;1H. The van der Waals surface area contributed by atoms with Crippen molar-refractivity contribution in [3.8, 4) is 0 Å². The van der Waals surface area contributed by atoms with Crippen molar-refractivity contribution in [3.05, 3.63) is 71.8 Å². The molecular formula is C21H27ClN2O. The lowest BCUT2D eigenvalue weighted by atomic mass is 9.91. The molecule has 3 nitrogen and oxygen atoms in total. The fourth-order valence-electron chi connectivity index (χ4n) is 3.59. The van der Waals surface area contributed by atoms with Crippen LogP contribution in [0.4, 0.5) is 0 Å². The highest BCUT2D eigenvalue weighted by Crippen LogP contribution is 2.29. The fraction of sp³-hybridized carbons (Fsp3) is 0.381. The molecule has 134 valence electrons. The maximum atomic E-state index is 13.0. The monoisotopic (exact) mass is 358 g/mol. The maximum absolute atomic E-state index is 13.0. The van der Waals surface area contributed by atoms with E-state index >= 15 is 0 Å². The molecule has 1 aliphatic rings. The molecule has 2 aromatic rings. The molecule has 2 unspecified atom stereocenters. The van der Waals surface area contributed by atoms with E-state index in [9.17, 15) is 4.79 Å². The quantitative estimate of drug-likeness (QED) is 0.898. The van der Waals surface area contributed by atoms with Gasteiger partial charge in [-0.05, 0) is 43.2 Å². The van der Waals surface area contributed by atoms with Crippen molar-refractivity contribution in [2.24, 2.45) is 5.73 Å². The SMILES string of the molecule is CC(N)(C(=O)N1CCCC(c2ccccc2)CC1)c1ccccc1.Cl. The van der Waals surface area contributed by atoms with Gasteiger partial charge < -0.3 is 10.6 Å². The lowest BCUT2D eigenvalue weighted by molar-refractivity contribution is -0.136. The number of carbonyl (C=O) groups excluding carboxylic acids is 1. The smallest absolute Gasteiger partial charge is 0.246 e. The van der Waals surface area contributed by atoms with Crippen molar-refractivity contribution in [3.63, 3.8) is 0 Å². The van der Waals surface area contributed by atoms with Crippen LogP contribution in [0.5, 0.6) is 0 Å². The first-order valence-corrected chi connectivity index (χ1v) is 8.78. The number of halogens is 1. The summed E-state index contributed by atoms with van der Waals surface area (Å²) in [7, 11) is 0. The van der Waals surface area contributed by atoms with Crippen molar-refractivity contribution >= 4 is 18.3 Å². The van der Waals surface area contributed by atoms with Gasteiger partial charge in [0.05, 0.1) is 0 Å². The Hall–Kier alpha value is -1.84. The Labute approximate surface area is 156 Å². The first kappa shape index (κ1) is 19.5. The van der Waals surface area contributed by atoms with E-state index in [0.29, 0.717) is 5.92 Å². The molecular weight excluding hydrogens is 332 g/mol. The zero-order valence-electron chi connectivity index (χ0n) is 14.7. The van der Waals surface area contributed by atoms with Crippen LogP contribution in [0.25, 0.3) is 0 Å².